The summed E-state index contributed by atoms with van der Waals surface area (Å²) in [5, 5.41) is 15.6. The van der Waals surface area contributed by atoms with E-state index in [1.807, 2.05) is 0 Å². The summed E-state index contributed by atoms with van der Waals surface area (Å²) in [6, 6.07) is 7.53. The van der Waals surface area contributed by atoms with Gasteiger partial charge in [0.15, 0.2) is 11.4 Å². The van der Waals surface area contributed by atoms with Crippen molar-refractivity contribution < 1.29 is 22.3 Å². The van der Waals surface area contributed by atoms with Crippen LogP contribution in [0.3, 0.4) is 0 Å². The van der Waals surface area contributed by atoms with Crippen LogP contribution in [0, 0.1) is 5.13 Å². The zero-order valence-corrected chi connectivity index (χ0v) is 18.8. The predicted octanol–water partition coefficient (Wildman–Crippen LogP) is 1.94. The predicted molar refractivity (Wildman–Crippen MR) is 116 cm³/mol. The number of rotatable bonds is 11. The Hall–Kier alpha value is -1.41. The summed E-state index contributed by atoms with van der Waals surface area (Å²) in [6.45, 7) is 1.02. The Morgan fingerprint density at radius 3 is 2.71 bits per heavy atom. The number of aliphatic hydroxyl groups is 1. The highest BCUT2D eigenvalue weighted by atomic mass is 35.5. The highest BCUT2D eigenvalue weighted by Crippen LogP contribution is 2.25. The first-order valence-electron chi connectivity index (χ1n) is 9.65. The summed E-state index contributed by atoms with van der Waals surface area (Å²) >= 11 is 6.75. The molecule has 2 aromatic rings. The van der Waals surface area contributed by atoms with Crippen LogP contribution in [0.2, 0.25) is 0 Å². The second kappa shape index (κ2) is 10.9. The molecule has 172 valence electrons. The third-order valence-electron chi connectivity index (χ3n) is 4.67. The Balaban J connectivity index is 1.61. The van der Waals surface area contributed by atoms with Crippen molar-refractivity contribution >= 4 is 38.1 Å². The number of β-amino-alcohol motifs (C(OH)–C–C–N with tert-alkyl or cyclic N) is 1. The lowest BCUT2D eigenvalue weighted by Gasteiger charge is -2.26. The van der Waals surface area contributed by atoms with Crippen molar-refractivity contribution in [1.82, 2.24) is 20.4 Å². The highest BCUT2D eigenvalue weighted by molar-refractivity contribution is 7.89. The standard InChI is InChI=1S/C18H24ClF2N5O3S2/c19-15(23-9-12-8-13(27)10-22-12)6-7-16(20)26(18-24-11-17(21)30-18)25-31(28,29)14-4-2-1-3-5-14/h1-5,11-13,15-16,22-23,25,27H,6-10H2/t12-,13-,15?,16?/m1/s1. The molecule has 0 amide bonds. The van der Waals surface area contributed by atoms with Crippen molar-refractivity contribution in [2.45, 2.75) is 48.1 Å². The van der Waals surface area contributed by atoms with Crippen molar-refractivity contribution in [3.63, 3.8) is 0 Å². The lowest BCUT2D eigenvalue weighted by molar-refractivity contribution is 0.193. The number of thiazole rings is 1. The number of nitrogens with zero attached hydrogens (tertiary/aromatic N) is 2. The number of nitrogens with one attached hydrogen (secondary N) is 3. The maximum atomic E-state index is 15.1. The van der Waals surface area contributed by atoms with Crippen LogP contribution in [0.4, 0.5) is 13.9 Å². The molecule has 3 rings (SSSR count). The smallest absolute Gasteiger partial charge is 0.257 e. The van der Waals surface area contributed by atoms with E-state index in [9.17, 15) is 17.9 Å². The number of benzene rings is 1. The van der Waals surface area contributed by atoms with E-state index in [0.29, 0.717) is 35.9 Å². The SMILES string of the molecule is O=S(=O)(NN(c1ncc(F)s1)C(F)CCC(Cl)NC[C@H]1C[C@@H](O)CN1)c1ccccc1. The van der Waals surface area contributed by atoms with Crippen LogP contribution in [-0.2, 0) is 10.0 Å². The van der Waals surface area contributed by atoms with E-state index in [0.717, 1.165) is 6.20 Å². The number of aliphatic hydroxyl groups excluding tert-OH is 1. The van der Waals surface area contributed by atoms with E-state index in [2.05, 4.69) is 20.4 Å². The van der Waals surface area contributed by atoms with Gasteiger partial charge in [0.25, 0.3) is 10.0 Å². The normalized spacial score (nSPS) is 21.2. The zero-order chi connectivity index (χ0) is 22.4. The summed E-state index contributed by atoms with van der Waals surface area (Å²) in [6.07, 6.45) is -0.687. The van der Waals surface area contributed by atoms with Crippen molar-refractivity contribution in [2.75, 3.05) is 18.1 Å². The second-order valence-corrected chi connectivity index (χ2v) is 10.3. The number of hydrogen-bond donors (Lipinski definition) is 4. The van der Waals surface area contributed by atoms with E-state index >= 15 is 4.39 Å². The number of sulfonamides is 1. The molecule has 1 aromatic carbocycles. The Kier molecular flexibility index (Phi) is 8.56. The van der Waals surface area contributed by atoms with Crippen LogP contribution in [0.1, 0.15) is 19.3 Å². The van der Waals surface area contributed by atoms with Gasteiger partial charge in [0, 0.05) is 25.6 Å². The summed E-state index contributed by atoms with van der Waals surface area (Å²) in [5.74, 6) is 0. The molecule has 1 saturated heterocycles. The third kappa shape index (κ3) is 7.04. The van der Waals surface area contributed by atoms with Gasteiger partial charge in [-0.1, -0.05) is 29.5 Å². The lowest BCUT2D eigenvalue weighted by atomic mass is 10.2. The first-order valence-corrected chi connectivity index (χ1v) is 12.4. The van der Waals surface area contributed by atoms with Crippen molar-refractivity contribution in [3.05, 3.63) is 41.7 Å². The fourth-order valence-electron chi connectivity index (χ4n) is 3.09. The second-order valence-electron chi connectivity index (χ2n) is 7.11. The van der Waals surface area contributed by atoms with Gasteiger partial charge in [0.1, 0.15) is 0 Å². The quantitative estimate of drug-likeness (QED) is 0.214. The fourth-order valence-corrected chi connectivity index (χ4v) is 5.09. The van der Waals surface area contributed by atoms with Gasteiger partial charge in [-0.15, -0.1) is 16.4 Å². The van der Waals surface area contributed by atoms with Crippen LogP contribution >= 0.6 is 22.9 Å². The van der Waals surface area contributed by atoms with Gasteiger partial charge in [-0.2, -0.15) is 4.39 Å². The summed E-state index contributed by atoms with van der Waals surface area (Å²) in [7, 11) is -4.11. The molecule has 0 spiro atoms. The number of hydrogen-bond acceptors (Lipinski definition) is 8. The van der Waals surface area contributed by atoms with Gasteiger partial charge in [0.05, 0.1) is 22.7 Å². The van der Waals surface area contributed by atoms with E-state index < -0.39 is 27.0 Å². The maximum absolute atomic E-state index is 15.1. The third-order valence-corrected chi connectivity index (χ3v) is 7.15. The van der Waals surface area contributed by atoms with E-state index in [1.165, 1.54) is 24.3 Å². The first kappa shape index (κ1) is 24.2. The Morgan fingerprint density at radius 2 is 2.10 bits per heavy atom. The molecular weight excluding hydrogens is 472 g/mol. The molecule has 0 radical (unpaired) electrons. The summed E-state index contributed by atoms with van der Waals surface area (Å²) in [4.78, 5) is 5.85. The minimum atomic E-state index is -4.11. The number of hydrazine groups is 1. The molecule has 4 N–H and O–H groups in total. The van der Waals surface area contributed by atoms with Gasteiger partial charge in [-0.3, -0.25) is 5.32 Å². The van der Waals surface area contributed by atoms with E-state index in [-0.39, 0.29) is 35.0 Å². The largest absolute Gasteiger partial charge is 0.392 e. The topological polar surface area (TPSA) is 107 Å². The minimum Gasteiger partial charge on any atom is -0.392 e. The first-order chi connectivity index (χ1) is 14.7. The molecule has 1 aromatic heterocycles. The molecule has 0 saturated carbocycles. The van der Waals surface area contributed by atoms with Crippen LogP contribution in [0.15, 0.2) is 41.4 Å². The van der Waals surface area contributed by atoms with Crippen LogP contribution in [0.25, 0.3) is 0 Å². The van der Waals surface area contributed by atoms with E-state index in [1.54, 1.807) is 6.07 Å². The van der Waals surface area contributed by atoms with Crippen LogP contribution < -0.4 is 20.5 Å². The molecule has 31 heavy (non-hydrogen) atoms. The van der Waals surface area contributed by atoms with Crippen LogP contribution in [-0.4, -0.2) is 55.5 Å². The molecule has 8 nitrogen and oxygen atoms in total. The number of anilines is 1. The summed E-state index contributed by atoms with van der Waals surface area (Å²) in [5.41, 5.74) is -0.571. The average molecular weight is 496 g/mol. The van der Waals surface area contributed by atoms with Crippen molar-refractivity contribution in [1.29, 1.82) is 0 Å². The van der Waals surface area contributed by atoms with Gasteiger partial charge in [0.2, 0.25) is 5.13 Å². The average Bonchev–Trinajstić information content (AvgIpc) is 3.37. The van der Waals surface area contributed by atoms with Crippen molar-refractivity contribution in [3.8, 4) is 0 Å². The summed E-state index contributed by atoms with van der Waals surface area (Å²) < 4.78 is 53.8. The minimum absolute atomic E-state index is 0.0626. The van der Waals surface area contributed by atoms with Crippen molar-refractivity contribution in [2.24, 2.45) is 0 Å². The Labute approximate surface area is 188 Å². The van der Waals surface area contributed by atoms with Crippen LogP contribution in [0.5, 0.6) is 0 Å². The van der Waals surface area contributed by atoms with E-state index in [4.69, 9.17) is 11.6 Å². The lowest BCUT2D eigenvalue weighted by Crippen LogP contribution is -2.47. The monoisotopic (exact) mass is 495 g/mol. The Bertz CT molecular complexity index is 937. The molecule has 4 atom stereocenters. The zero-order valence-electron chi connectivity index (χ0n) is 16.4. The number of aromatic nitrogens is 1. The molecular formula is C18H24ClF2N5O3S2. The van der Waals surface area contributed by atoms with Gasteiger partial charge >= 0.3 is 0 Å². The molecule has 2 unspecified atom stereocenters. The van der Waals surface area contributed by atoms with Gasteiger partial charge in [-0.25, -0.2) is 22.8 Å². The molecule has 1 fully saturated rings. The molecule has 1 aliphatic rings. The number of halogens is 3. The maximum Gasteiger partial charge on any atom is 0.257 e. The van der Waals surface area contributed by atoms with Gasteiger partial charge < -0.3 is 10.4 Å². The highest BCUT2D eigenvalue weighted by Gasteiger charge is 2.28. The number of alkyl halides is 2. The molecule has 0 bridgehead atoms. The molecule has 2 heterocycles. The molecule has 1 aliphatic heterocycles. The fraction of sp³-hybridized carbons (Fsp3) is 0.500. The van der Waals surface area contributed by atoms with Gasteiger partial charge in [-0.05, 0) is 25.0 Å². The Morgan fingerprint density at radius 1 is 1.35 bits per heavy atom. The molecule has 0 aliphatic carbocycles. The molecule has 13 heteroatoms.